The van der Waals surface area contributed by atoms with E-state index in [1.807, 2.05) is 41.8 Å². The molecule has 11 heteroatoms. The van der Waals surface area contributed by atoms with E-state index in [-0.39, 0.29) is 34.6 Å². The highest BCUT2D eigenvalue weighted by molar-refractivity contribution is 6.35. The van der Waals surface area contributed by atoms with Crippen molar-refractivity contribution in [3.63, 3.8) is 0 Å². The van der Waals surface area contributed by atoms with Crippen LogP contribution in [-0.2, 0) is 4.79 Å². The van der Waals surface area contributed by atoms with Crippen LogP contribution in [0.15, 0.2) is 37.1 Å². The molecule has 2 fully saturated rings. The molecule has 0 unspecified atom stereocenters. The minimum Gasteiger partial charge on any atom is -0.349 e. The van der Waals surface area contributed by atoms with Gasteiger partial charge in [-0.2, -0.15) is 10.1 Å². The highest BCUT2D eigenvalue weighted by atomic mass is 35.5. The zero-order valence-electron chi connectivity index (χ0n) is 26.5. The first-order valence-corrected chi connectivity index (χ1v) is 15.6. The molecular formula is C33H40ClFN8O. The fourth-order valence-electron chi connectivity index (χ4n) is 6.50. The van der Waals surface area contributed by atoms with Crippen molar-refractivity contribution in [2.45, 2.75) is 58.8 Å². The third-order valence-electron chi connectivity index (χ3n) is 9.15. The molecule has 0 bridgehead atoms. The van der Waals surface area contributed by atoms with Crippen LogP contribution < -0.4 is 9.80 Å². The van der Waals surface area contributed by atoms with Crippen LogP contribution in [0.4, 0.5) is 16.2 Å². The molecule has 4 heterocycles. The molecule has 6 rings (SSSR count). The van der Waals surface area contributed by atoms with E-state index in [2.05, 4.69) is 61.2 Å². The number of likely N-dealkylation sites (N-methyl/N-ethyl adjacent to an activating group) is 1. The maximum Gasteiger partial charge on any atom is 0.246 e. The monoisotopic (exact) mass is 618 g/mol. The number of halogens is 2. The fraction of sp³-hybridized carbons (Fsp3) is 0.455. The lowest BCUT2D eigenvalue weighted by Gasteiger charge is -2.45. The van der Waals surface area contributed by atoms with E-state index in [9.17, 15) is 4.79 Å². The summed E-state index contributed by atoms with van der Waals surface area (Å²) in [6.45, 7) is 16.3. The van der Waals surface area contributed by atoms with Gasteiger partial charge < -0.3 is 19.6 Å². The molecule has 2 saturated heterocycles. The van der Waals surface area contributed by atoms with Crippen LogP contribution in [0.3, 0.4) is 0 Å². The number of hydrogen-bond acceptors (Lipinski definition) is 7. The number of carbonyl (C=O) groups excluding carboxylic acids is 1. The maximum absolute atomic E-state index is 17.2. The number of rotatable bonds is 6. The lowest BCUT2D eigenvalue weighted by molar-refractivity contribution is -0.128. The SMILES string of the molecule is C=CC(=O)N1C[C@H](C)N(c2nc(N3CC(N(C)C)C3)nc3c(F)c(-c4c(C)ccc5cnn(C(C)C)c45)c(Cl)cc23)C[C@H]1C. The number of piperazine rings is 1. The quantitative estimate of drug-likeness (QED) is 0.257. The summed E-state index contributed by atoms with van der Waals surface area (Å²) in [5.74, 6) is 0.536. The second kappa shape index (κ2) is 11.3. The average Bonchev–Trinajstić information content (AvgIpc) is 3.38. The standard InChI is InChI=1S/C33H40ClFN8O/c1-9-26(44)41-14-21(6)42(15-20(41)5)32-24-12-25(34)28(27-19(4)10-11-22-13-36-43(18(2)3)31(22)27)29(35)30(24)37-33(38-32)40-16-23(17-40)39(7)8/h9-13,18,20-21,23H,1,14-17H2,2-8H3/t20-,21+/m1/s1. The number of benzene rings is 2. The average molecular weight is 619 g/mol. The third kappa shape index (κ3) is 4.88. The van der Waals surface area contributed by atoms with E-state index in [0.717, 1.165) is 35.1 Å². The Bertz CT molecular complexity index is 1780. The topological polar surface area (TPSA) is 73.6 Å². The number of amides is 1. The van der Waals surface area contributed by atoms with Crippen LogP contribution in [0, 0.1) is 12.7 Å². The molecule has 0 spiro atoms. The van der Waals surface area contributed by atoms with Crippen LogP contribution in [-0.4, -0.2) is 93.9 Å². The summed E-state index contributed by atoms with van der Waals surface area (Å²) in [6.07, 6.45) is 3.17. The molecule has 2 aliphatic heterocycles. The van der Waals surface area contributed by atoms with Crippen molar-refractivity contribution in [2.24, 2.45) is 0 Å². The Morgan fingerprint density at radius 2 is 1.84 bits per heavy atom. The predicted molar refractivity (Wildman–Crippen MR) is 176 cm³/mol. The van der Waals surface area contributed by atoms with Crippen molar-refractivity contribution in [3.8, 4) is 11.1 Å². The molecular weight excluding hydrogens is 579 g/mol. The van der Waals surface area contributed by atoms with Gasteiger partial charge in [0.05, 0.1) is 16.7 Å². The number of fused-ring (bicyclic) bond motifs is 2. The third-order valence-corrected chi connectivity index (χ3v) is 9.45. The highest BCUT2D eigenvalue weighted by Crippen LogP contribution is 2.43. The lowest BCUT2D eigenvalue weighted by Crippen LogP contribution is -2.59. The molecule has 9 nitrogen and oxygen atoms in total. The first-order chi connectivity index (χ1) is 20.9. The number of aromatic nitrogens is 4. The van der Waals surface area contributed by atoms with Crippen molar-refractivity contribution >= 4 is 51.1 Å². The van der Waals surface area contributed by atoms with E-state index in [1.54, 1.807) is 6.07 Å². The highest BCUT2D eigenvalue weighted by Gasteiger charge is 2.36. The molecule has 4 aromatic rings. The number of anilines is 2. The largest absolute Gasteiger partial charge is 0.349 e. The summed E-state index contributed by atoms with van der Waals surface area (Å²) >= 11 is 7.04. The van der Waals surface area contributed by atoms with Crippen molar-refractivity contribution in [1.29, 1.82) is 0 Å². The number of nitrogens with zero attached hydrogens (tertiary/aromatic N) is 8. The molecule has 2 aromatic carbocycles. The van der Waals surface area contributed by atoms with Gasteiger partial charge in [0.25, 0.3) is 0 Å². The minimum atomic E-state index is -0.477. The van der Waals surface area contributed by atoms with E-state index in [4.69, 9.17) is 21.6 Å². The van der Waals surface area contributed by atoms with Crippen LogP contribution >= 0.6 is 11.6 Å². The van der Waals surface area contributed by atoms with E-state index in [1.165, 1.54) is 6.08 Å². The zero-order chi connectivity index (χ0) is 31.6. The summed E-state index contributed by atoms with van der Waals surface area (Å²) in [6, 6.07) is 6.06. The molecule has 232 valence electrons. The maximum atomic E-state index is 17.2. The molecule has 0 N–H and O–H groups in total. The van der Waals surface area contributed by atoms with Gasteiger partial charge in [-0.1, -0.05) is 30.3 Å². The Hall–Kier alpha value is -3.76. The van der Waals surface area contributed by atoms with Crippen LogP contribution in [0.5, 0.6) is 0 Å². The Morgan fingerprint density at radius 1 is 1.11 bits per heavy atom. The van der Waals surface area contributed by atoms with Crippen LogP contribution in [0.25, 0.3) is 32.9 Å². The van der Waals surface area contributed by atoms with Gasteiger partial charge in [0, 0.05) is 72.2 Å². The van der Waals surface area contributed by atoms with Gasteiger partial charge in [-0.25, -0.2) is 9.37 Å². The van der Waals surface area contributed by atoms with E-state index in [0.29, 0.717) is 41.8 Å². The first kappa shape index (κ1) is 30.3. The molecule has 2 aliphatic rings. The molecule has 0 radical (unpaired) electrons. The summed E-state index contributed by atoms with van der Waals surface area (Å²) in [5.41, 5.74) is 3.01. The molecule has 2 aromatic heterocycles. The Morgan fingerprint density at radius 3 is 2.50 bits per heavy atom. The van der Waals surface area contributed by atoms with Gasteiger partial charge in [-0.15, -0.1) is 0 Å². The minimum absolute atomic E-state index is 0.0713. The van der Waals surface area contributed by atoms with Crippen molar-refractivity contribution < 1.29 is 9.18 Å². The van der Waals surface area contributed by atoms with E-state index < -0.39 is 5.82 Å². The smallest absolute Gasteiger partial charge is 0.246 e. The molecule has 1 amide bonds. The number of aryl methyl sites for hydroxylation is 1. The van der Waals surface area contributed by atoms with Crippen LogP contribution in [0.1, 0.15) is 39.3 Å². The predicted octanol–water partition coefficient (Wildman–Crippen LogP) is 5.69. The number of carbonyl (C=O) groups is 1. The van der Waals surface area contributed by atoms with Gasteiger partial charge >= 0.3 is 0 Å². The first-order valence-electron chi connectivity index (χ1n) is 15.2. The van der Waals surface area contributed by atoms with Gasteiger partial charge in [-0.3, -0.25) is 9.48 Å². The summed E-state index contributed by atoms with van der Waals surface area (Å²) in [7, 11) is 4.11. The lowest BCUT2D eigenvalue weighted by atomic mass is 9.95. The summed E-state index contributed by atoms with van der Waals surface area (Å²) in [5, 5.41) is 6.37. The summed E-state index contributed by atoms with van der Waals surface area (Å²) < 4.78 is 19.1. The second-order valence-corrected chi connectivity index (χ2v) is 13.1. The van der Waals surface area contributed by atoms with Gasteiger partial charge in [0.2, 0.25) is 11.9 Å². The normalized spacial score (nSPS) is 19.5. The van der Waals surface area contributed by atoms with Crippen molar-refractivity contribution in [2.75, 3.05) is 50.1 Å². The Kier molecular flexibility index (Phi) is 7.78. The van der Waals surface area contributed by atoms with Crippen molar-refractivity contribution in [1.82, 2.24) is 29.5 Å². The number of hydrogen-bond donors (Lipinski definition) is 0. The van der Waals surface area contributed by atoms with Gasteiger partial charge in [0.15, 0.2) is 5.82 Å². The Balaban J connectivity index is 1.57. The van der Waals surface area contributed by atoms with Gasteiger partial charge in [0.1, 0.15) is 11.3 Å². The molecule has 0 aliphatic carbocycles. The zero-order valence-corrected chi connectivity index (χ0v) is 27.2. The fourth-order valence-corrected chi connectivity index (χ4v) is 6.78. The molecule has 44 heavy (non-hydrogen) atoms. The van der Waals surface area contributed by atoms with Crippen LogP contribution in [0.2, 0.25) is 5.02 Å². The summed E-state index contributed by atoms with van der Waals surface area (Å²) in [4.78, 5) is 30.7. The Labute approximate surface area is 262 Å². The van der Waals surface area contributed by atoms with Crippen molar-refractivity contribution in [3.05, 3.63) is 53.5 Å². The second-order valence-electron chi connectivity index (χ2n) is 12.7. The van der Waals surface area contributed by atoms with Gasteiger partial charge in [-0.05, 0) is 66.4 Å². The molecule has 2 atom stereocenters. The van der Waals surface area contributed by atoms with E-state index >= 15 is 4.39 Å². The molecule has 0 saturated carbocycles.